The number of carbonyl (C=O) groups excluding carboxylic acids is 1. The maximum atomic E-state index is 12.7. The van der Waals surface area contributed by atoms with E-state index in [0.717, 1.165) is 38.1 Å². The van der Waals surface area contributed by atoms with E-state index in [1.165, 1.54) is 12.1 Å². The highest BCUT2D eigenvalue weighted by Crippen LogP contribution is 2.32. The summed E-state index contributed by atoms with van der Waals surface area (Å²) < 4.78 is 37.9. The molecule has 1 N–H and O–H groups in total. The molecule has 2 fully saturated rings. The van der Waals surface area contributed by atoms with Crippen LogP contribution in [-0.4, -0.2) is 48.2 Å². The Hall–Kier alpha value is -1.60. The molecule has 1 aromatic rings. The second-order valence-electron chi connectivity index (χ2n) is 6.50. The summed E-state index contributed by atoms with van der Waals surface area (Å²) in [6.45, 7) is 2.27. The molecule has 2 heterocycles. The number of alkyl halides is 3. The van der Waals surface area contributed by atoms with E-state index in [9.17, 15) is 23.1 Å². The van der Waals surface area contributed by atoms with E-state index in [-0.39, 0.29) is 18.6 Å². The Morgan fingerprint density at radius 3 is 2.21 bits per heavy atom. The van der Waals surface area contributed by atoms with Crippen LogP contribution in [0.2, 0.25) is 0 Å². The van der Waals surface area contributed by atoms with Crippen molar-refractivity contribution in [2.75, 3.05) is 31.1 Å². The highest BCUT2D eigenvalue weighted by molar-refractivity contribution is 5.99. The van der Waals surface area contributed by atoms with E-state index in [4.69, 9.17) is 0 Å². The minimum Gasteiger partial charge on any atom is -0.396 e. The number of rotatable bonds is 3. The van der Waals surface area contributed by atoms with Gasteiger partial charge in [-0.3, -0.25) is 9.69 Å². The number of benzene rings is 1. The van der Waals surface area contributed by atoms with E-state index in [1.807, 2.05) is 0 Å². The fraction of sp³-hybridized carbons (Fsp3) is 0.588. The highest BCUT2D eigenvalue weighted by Gasteiger charge is 2.38. The molecular formula is C17H21F3N2O2. The summed E-state index contributed by atoms with van der Waals surface area (Å²) in [6.07, 6.45) is -1.93. The Morgan fingerprint density at radius 1 is 1.04 bits per heavy atom. The zero-order chi connectivity index (χ0) is 17.3. The van der Waals surface area contributed by atoms with Gasteiger partial charge in [-0.1, -0.05) is 0 Å². The average Bonchev–Trinajstić information content (AvgIpc) is 2.96. The number of amides is 1. The van der Waals surface area contributed by atoms with E-state index in [2.05, 4.69) is 4.90 Å². The topological polar surface area (TPSA) is 43.8 Å². The molecule has 0 saturated carbocycles. The predicted octanol–water partition coefficient (Wildman–Crippen LogP) is 2.52. The molecular weight excluding hydrogens is 321 g/mol. The Morgan fingerprint density at radius 2 is 1.67 bits per heavy atom. The lowest BCUT2D eigenvalue weighted by atomic mass is 9.96. The third-order valence-corrected chi connectivity index (χ3v) is 5.03. The number of piperidine rings is 1. The van der Waals surface area contributed by atoms with Gasteiger partial charge in [-0.25, -0.2) is 0 Å². The third-order valence-electron chi connectivity index (χ3n) is 5.03. The number of likely N-dealkylation sites (tertiary alicyclic amines) is 1. The van der Waals surface area contributed by atoms with Gasteiger partial charge in [0, 0.05) is 18.8 Å². The van der Waals surface area contributed by atoms with Gasteiger partial charge in [-0.15, -0.1) is 0 Å². The second-order valence-corrected chi connectivity index (χ2v) is 6.50. The molecule has 132 valence electrons. The Labute approximate surface area is 138 Å². The SMILES string of the molecule is O=C1C(N2CCC(CO)CC2)CCN1c1ccc(C(F)(F)F)cc1. The number of anilines is 1. The lowest BCUT2D eigenvalue weighted by molar-refractivity contribution is -0.137. The van der Waals surface area contributed by atoms with Crippen molar-refractivity contribution in [2.45, 2.75) is 31.5 Å². The van der Waals surface area contributed by atoms with Crippen molar-refractivity contribution in [3.05, 3.63) is 29.8 Å². The van der Waals surface area contributed by atoms with Gasteiger partial charge in [0.15, 0.2) is 0 Å². The molecule has 0 spiro atoms. The molecule has 2 aliphatic rings. The molecule has 3 rings (SSSR count). The van der Waals surface area contributed by atoms with Crippen LogP contribution in [0.5, 0.6) is 0 Å². The molecule has 0 radical (unpaired) electrons. The standard InChI is InChI=1S/C17H21F3N2O2/c18-17(19,20)13-1-3-14(4-2-13)22-10-7-15(16(22)24)21-8-5-12(11-23)6-9-21/h1-4,12,15,23H,5-11H2. The van der Waals surface area contributed by atoms with Gasteiger partial charge in [0.05, 0.1) is 11.6 Å². The maximum absolute atomic E-state index is 12.7. The quantitative estimate of drug-likeness (QED) is 0.918. The first-order chi connectivity index (χ1) is 11.4. The minimum atomic E-state index is -4.37. The van der Waals surface area contributed by atoms with Crippen LogP contribution in [0.25, 0.3) is 0 Å². The van der Waals surface area contributed by atoms with Gasteiger partial charge in [-0.2, -0.15) is 13.2 Å². The molecule has 1 unspecified atom stereocenters. The van der Waals surface area contributed by atoms with Crippen molar-refractivity contribution in [3.8, 4) is 0 Å². The summed E-state index contributed by atoms with van der Waals surface area (Å²) in [5, 5.41) is 9.19. The van der Waals surface area contributed by atoms with Crippen LogP contribution in [0.3, 0.4) is 0 Å². The highest BCUT2D eigenvalue weighted by atomic mass is 19.4. The van der Waals surface area contributed by atoms with E-state index >= 15 is 0 Å². The predicted molar refractivity (Wildman–Crippen MR) is 83.6 cm³/mol. The number of nitrogens with zero attached hydrogens (tertiary/aromatic N) is 2. The van der Waals surface area contributed by atoms with Crippen molar-refractivity contribution < 1.29 is 23.1 Å². The fourth-order valence-electron chi connectivity index (χ4n) is 3.54. The summed E-state index contributed by atoms with van der Waals surface area (Å²) in [7, 11) is 0. The van der Waals surface area contributed by atoms with Gasteiger partial charge in [0.1, 0.15) is 0 Å². The summed E-state index contributed by atoms with van der Waals surface area (Å²) >= 11 is 0. The number of aliphatic hydroxyl groups is 1. The lowest BCUT2D eigenvalue weighted by Gasteiger charge is -2.34. The van der Waals surface area contributed by atoms with E-state index in [1.54, 1.807) is 4.90 Å². The van der Waals surface area contributed by atoms with Gasteiger partial charge >= 0.3 is 6.18 Å². The fourth-order valence-corrected chi connectivity index (χ4v) is 3.54. The summed E-state index contributed by atoms with van der Waals surface area (Å²) in [5.41, 5.74) is -0.193. The van der Waals surface area contributed by atoms with Crippen molar-refractivity contribution in [1.29, 1.82) is 0 Å². The van der Waals surface area contributed by atoms with Gasteiger partial charge < -0.3 is 10.0 Å². The largest absolute Gasteiger partial charge is 0.416 e. The average molecular weight is 342 g/mol. The minimum absolute atomic E-state index is 0.0443. The zero-order valence-corrected chi connectivity index (χ0v) is 13.3. The second kappa shape index (κ2) is 6.72. The van der Waals surface area contributed by atoms with Crippen molar-refractivity contribution in [3.63, 3.8) is 0 Å². The number of halogens is 3. The number of hydrogen-bond acceptors (Lipinski definition) is 3. The van der Waals surface area contributed by atoms with Crippen LogP contribution in [0.1, 0.15) is 24.8 Å². The first kappa shape index (κ1) is 17.2. The molecule has 2 saturated heterocycles. The van der Waals surface area contributed by atoms with E-state index < -0.39 is 11.7 Å². The van der Waals surface area contributed by atoms with Crippen LogP contribution in [0, 0.1) is 5.92 Å². The summed E-state index contributed by atoms with van der Waals surface area (Å²) in [6, 6.07) is 4.56. The van der Waals surface area contributed by atoms with Crippen molar-refractivity contribution in [2.24, 2.45) is 5.92 Å². The number of hydrogen-bond donors (Lipinski definition) is 1. The van der Waals surface area contributed by atoms with Crippen LogP contribution >= 0.6 is 0 Å². The van der Waals surface area contributed by atoms with Crippen LogP contribution in [0.4, 0.5) is 18.9 Å². The number of aliphatic hydroxyl groups excluding tert-OH is 1. The molecule has 24 heavy (non-hydrogen) atoms. The molecule has 4 nitrogen and oxygen atoms in total. The lowest BCUT2D eigenvalue weighted by Crippen LogP contribution is -2.46. The van der Waals surface area contributed by atoms with Crippen LogP contribution in [0.15, 0.2) is 24.3 Å². The van der Waals surface area contributed by atoms with Gasteiger partial charge in [0.25, 0.3) is 0 Å². The van der Waals surface area contributed by atoms with Crippen molar-refractivity contribution in [1.82, 2.24) is 4.90 Å². The Bertz CT molecular complexity index is 580. The Kier molecular flexibility index (Phi) is 4.83. The zero-order valence-electron chi connectivity index (χ0n) is 13.3. The smallest absolute Gasteiger partial charge is 0.396 e. The van der Waals surface area contributed by atoms with Crippen molar-refractivity contribution >= 4 is 11.6 Å². The normalized spacial score (nSPS) is 23.9. The summed E-state index contributed by atoms with van der Waals surface area (Å²) in [4.78, 5) is 16.4. The molecule has 1 atom stereocenters. The molecule has 0 aliphatic carbocycles. The molecule has 0 bridgehead atoms. The van der Waals surface area contributed by atoms with Gasteiger partial charge in [-0.05, 0) is 62.5 Å². The van der Waals surface area contributed by atoms with Crippen LogP contribution < -0.4 is 4.90 Å². The molecule has 0 aromatic heterocycles. The number of carbonyl (C=O) groups is 1. The molecule has 1 aromatic carbocycles. The molecule has 2 aliphatic heterocycles. The first-order valence-electron chi connectivity index (χ1n) is 8.23. The van der Waals surface area contributed by atoms with Gasteiger partial charge in [0.2, 0.25) is 5.91 Å². The molecule has 7 heteroatoms. The van der Waals surface area contributed by atoms with Crippen LogP contribution in [-0.2, 0) is 11.0 Å². The molecule has 1 amide bonds. The third kappa shape index (κ3) is 3.42. The Balaban J connectivity index is 1.66. The maximum Gasteiger partial charge on any atom is 0.416 e. The van der Waals surface area contributed by atoms with E-state index in [0.29, 0.717) is 24.6 Å². The summed E-state index contributed by atoms with van der Waals surface area (Å²) in [5.74, 6) is 0.265. The monoisotopic (exact) mass is 342 g/mol. The first-order valence-corrected chi connectivity index (χ1v) is 8.23.